The highest BCUT2D eigenvalue weighted by molar-refractivity contribution is 7.99. The van der Waals surface area contributed by atoms with Crippen LogP contribution in [0.1, 0.15) is 11.1 Å². The second-order valence-electron chi connectivity index (χ2n) is 7.29. The largest absolute Gasteiger partial charge is 0.355 e. The van der Waals surface area contributed by atoms with Crippen LogP contribution in [0, 0.1) is 0 Å². The summed E-state index contributed by atoms with van der Waals surface area (Å²) in [5, 5.41) is 6.07. The van der Waals surface area contributed by atoms with Crippen LogP contribution in [0.4, 0.5) is 11.4 Å². The number of fused-ring (bicyclic) bond motifs is 5. The van der Waals surface area contributed by atoms with E-state index in [1.165, 1.54) is 54.1 Å². The topological polar surface area (TPSA) is 27.8 Å². The second-order valence-corrected chi connectivity index (χ2v) is 8.37. The lowest BCUT2D eigenvalue weighted by atomic mass is 10.1. The lowest BCUT2D eigenvalue weighted by Crippen LogP contribution is -1.99. The van der Waals surface area contributed by atoms with Crippen LogP contribution in [0.3, 0.4) is 0 Å². The number of anilines is 2. The van der Waals surface area contributed by atoms with Crippen molar-refractivity contribution in [2.75, 3.05) is 5.32 Å². The number of H-pyrrole nitrogens is 1. The van der Waals surface area contributed by atoms with Gasteiger partial charge in [-0.2, -0.15) is 0 Å². The monoisotopic (exact) mass is 390 g/mol. The zero-order valence-electron chi connectivity index (χ0n) is 15.6. The van der Waals surface area contributed by atoms with Gasteiger partial charge >= 0.3 is 0 Å². The maximum atomic E-state index is 3.53. The van der Waals surface area contributed by atoms with E-state index >= 15 is 0 Å². The van der Waals surface area contributed by atoms with Crippen molar-refractivity contribution in [1.29, 1.82) is 0 Å². The van der Waals surface area contributed by atoms with Gasteiger partial charge in [0.1, 0.15) is 0 Å². The molecule has 2 N–H and O–H groups in total. The highest BCUT2D eigenvalue weighted by Gasteiger charge is 2.14. The van der Waals surface area contributed by atoms with Crippen molar-refractivity contribution >= 4 is 57.1 Å². The summed E-state index contributed by atoms with van der Waals surface area (Å²) in [6.07, 6.45) is 4.38. The number of para-hydroxylation sites is 2. The number of hydrogen-bond acceptors (Lipinski definition) is 2. The summed E-state index contributed by atoms with van der Waals surface area (Å²) in [6.45, 7) is 0. The average molecular weight is 391 g/mol. The zero-order chi connectivity index (χ0) is 19.2. The number of aromatic amines is 1. The van der Waals surface area contributed by atoms with Crippen molar-refractivity contribution in [2.45, 2.75) is 9.79 Å². The molecule has 0 fully saturated rings. The molecule has 0 spiro atoms. The summed E-state index contributed by atoms with van der Waals surface area (Å²) >= 11 is 1.82. The normalized spacial score (nSPS) is 12.8. The summed E-state index contributed by atoms with van der Waals surface area (Å²) in [5.74, 6) is 0. The van der Waals surface area contributed by atoms with Crippen molar-refractivity contribution < 1.29 is 0 Å². The molecule has 138 valence electrons. The molecule has 1 aromatic heterocycles. The number of hydrogen-bond donors (Lipinski definition) is 2. The second kappa shape index (κ2) is 6.57. The van der Waals surface area contributed by atoms with E-state index in [2.05, 4.69) is 107 Å². The molecule has 0 bridgehead atoms. The Bertz CT molecular complexity index is 1410. The molecule has 2 heterocycles. The Kier molecular flexibility index (Phi) is 3.74. The molecule has 0 atom stereocenters. The SMILES string of the molecule is C(=C\c1ccc2[nH]c3ccccc3c2c1)/c1ccc2c(c1)Sc1ccccc1N2. The Labute approximate surface area is 173 Å². The minimum atomic E-state index is 1.17. The van der Waals surface area contributed by atoms with E-state index in [9.17, 15) is 0 Å². The van der Waals surface area contributed by atoms with Gasteiger partial charge in [0, 0.05) is 31.6 Å². The van der Waals surface area contributed by atoms with Gasteiger partial charge in [-0.15, -0.1) is 0 Å². The molecule has 5 aromatic rings. The lowest BCUT2D eigenvalue weighted by molar-refractivity contribution is 1.31. The minimum Gasteiger partial charge on any atom is -0.355 e. The van der Waals surface area contributed by atoms with Crippen molar-refractivity contribution in [3.8, 4) is 0 Å². The molecule has 0 aliphatic carbocycles. The minimum absolute atomic E-state index is 1.17. The number of benzene rings is 4. The van der Waals surface area contributed by atoms with Gasteiger partial charge in [0.15, 0.2) is 0 Å². The fourth-order valence-electron chi connectivity index (χ4n) is 3.91. The molecule has 0 saturated heterocycles. The van der Waals surface area contributed by atoms with Gasteiger partial charge in [-0.3, -0.25) is 0 Å². The highest BCUT2D eigenvalue weighted by Crippen LogP contribution is 2.44. The van der Waals surface area contributed by atoms with Crippen LogP contribution in [0.25, 0.3) is 34.0 Å². The Morgan fingerprint density at radius 3 is 2.28 bits per heavy atom. The van der Waals surface area contributed by atoms with Gasteiger partial charge < -0.3 is 10.3 Å². The predicted molar refractivity (Wildman–Crippen MR) is 125 cm³/mol. The number of rotatable bonds is 2. The average Bonchev–Trinajstić information content (AvgIpc) is 3.14. The smallest absolute Gasteiger partial charge is 0.0526 e. The highest BCUT2D eigenvalue weighted by atomic mass is 32.2. The Morgan fingerprint density at radius 2 is 1.31 bits per heavy atom. The zero-order valence-corrected chi connectivity index (χ0v) is 16.5. The first-order valence-electron chi connectivity index (χ1n) is 9.70. The molecule has 0 saturated carbocycles. The third kappa shape index (κ3) is 2.91. The third-order valence-electron chi connectivity index (χ3n) is 5.38. The summed E-state index contributed by atoms with van der Waals surface area (Å²) in [5.41, 5.74) is 7.13. The third-order valence-corrected chi connectivity index (χ3v) is 6.51. The summed E-state index contributed by atoms with van der Waals surface area (Å²) in [7, 11) is 0. The Morgan fingerprint density at radius 1 is 0.586 bits per heavy atom. The van der Waals surface area contributed by atoms with E-state index in [1.54, 1.807) is 0 Å². The molecule has 6 rings (SSSR count). The van der Waals surface area contributed by atoms with Crippen molar-refractivity contribution in [3.05, 3.63) is 96.1 Å². The van der Waals surface area contributed by atoms with Crippen LogP contribution in [0.2, 0.25) is 0 Å². The molecule has 3 heteroatoms. The van der Waals surface area contributed by atoms with Crippen LogP contribution in [-0.4, -0.2) is 4.98 Å². The van der Waals surface area contributed by atoms with Crippen LogP contribution < -0.4 is 5.32 Å². The Hall–Kier alpha value is -3.43. The lowest BCUT2D eigenvalue weighted by Gasteiger charge is -2.20. The van der Waals surface area contributed by atoms with Gasteiger partial charge in [0.2, 0.25) is 0 Å². The fraction of sp³-hybridized carbons (Fsp3) is 0. The van der Waals surface area contributed by atoms with Gasteiger partial charge in [-0.05, 0) is 53.6 Å². The maximum Gasteiger partial charge on any atom is 0.0526 e. The predicted octanol–water partition coefficient (Wildman–Crippen LogP) is 7.70. The van der Waals surface area contributed by atoms with E-state index < -0.39 is 0 Å². The van der Waals surface area contributed by atoms with Gasteiger partial charge in [0.25, 0.3) is 0 Å². The molecule has 0 radical (unpaired) electrons. The first-order chi connectivity index (χ1) is 14.3. The quantitative estimate of drug-likeness (QED) is 0.296. The molecular weight excluding hydrogens is 372 g/mol. The molecule has 29 heavy (non-hydrogen) atoms. The first-order valence-corrected chi connectivity index (χ1v) is 10.5. The van der Waals surface area contributed by atoms with E-state index in [0.29, 0.717) is 0 Å². The molecule has 2 nitrogen and oxygen atoms in total. The van der Waals surface area contributed by atoms with Crippen molar-refractivity contribution in [3.63, 3.8) is 0 Å². The fourth-order valence-corrected chi connectivity index (χ4v) is 4.95. The van der Waals surface area contributed by atoms with Crippen molar-refractivity contribution in [1.82, 2.24) is 4.98 Å². The van der Waals surface area contributed by atoms with E-state index in [0.717, 1.165) is 0 Å². The van der Waals surface area contributed by atoms with Crippen LogP contribution in [0.5, 0.6) is 0 Å². The summed E-state index contributed by atoms with van der Waals surface area (Å²) < 4.78 is 0. The number of nitrogens with one attached hydrogen (secondary N) is 2. The summed E-state index contributed by atoms with van der Waals surface area (Å²) in [6, 6.07) is 30.1. The standard InChI is InChI=1S/C26H18N2S/c1-2-6-21-19(5-1)20-15-17(11-13-22(20)27-21)9-10-18-12-14-24-26(16-18)29-25-8-4-3-7-23(25)28-24/h1-16,27-28H/b10-9+. The van der Waals surface area contributed by atoms with E-state index in [1.807, 2.05) is 11.8 Å². The van der Waals surface area contributed by atoms with Crippen LogP contribution in [0.15, 0.2) is 94.7 Å². The molecule has 1 aliphatic heterocycles. The van der Waals surface area contributed by atoms with Crippen molar-refractivity contribution in [2.24, 2.45) is 0 Å². The van der Waals surface area contributed by atoms with Crippen LogP contribution >= 0.6 is 11.8 Å². The molecular formula is C26H18N2S. The van der Waals surface area contributed by atoms with E-state index in [-0.39, 0.29) is 0 Å². The van der Waals surface area contributed by atoms with Gasteiger partial charge in [-0.25, -0.2) is 0 Å². The van der Waals surface area contributed by atoms with Gasteiger partial charge in [0.05, 0.1) is 11.4 Å². The number of aromatic nitrogens is 1. The first kappa shape index (κ1) is 16.5. The molecule has 1 aliphatic rings. The maximum absolute atomic E-state index is 3.53. The van der Waals surface area contributed by atoms with Crippen LogP contribution in [-0.2, 0) is 0 Å². The van der Waals surface area contributed by atoms with Gasteiger partial charge in [-0.1, -0.05) is 66.4 Å². The molecule has 0 unspecified atom stereocenters. The molecule has 4 aromatic carbocycles. The van der Waals surface area contributed by atoms with E-state index in [4.69, 9.17) is 0 Å². The Balaban J connectivity index is 1.33. The molecule has 0 amide bonds. The summed E-state index contributed by atoms with van der Waals surface area (Å²) in [4.78, 5) is 6.02.